The van der Waals surface area contributed by atoms with Gasteiger partial charge in [0, 0.05) is 0 Å². The molecule has 0 bridgehead atoms. The van der Waals surface area contributed by atoms with E-state index >= 15 is 0 Å². The third kappa shape index (κ3) is 14.2. The van der Waals surface area contributed by atoms with E-state index in [9.17, 15) is 0 Å². The quantitative estimate of drug-likeness (QED) is 0.288. The molecule has 2 atom stereocenters. The summed E-state index contributed by atoms with van der Waals surface area (Å²) >= 11 is 0. The Kier molecular flexibility index (Phi) is 14.4. The van der Waals surface area contributed by atoms with Crippen molar-refractivity contribution >= 4 is 0 Å². The second kappa shape index (κ2) is 14.4. The maximum atomic E-state index is 2.45. The second-order valence-electron chi connectivity index (χ2n) is 6.84. The Labute approximate surface area is 123 Å². The summed E-state index contributed by atoms with van der Waals surface area (Å²) < 4.78 is 0. The van der Waals surface area contributed by atoms with E-state index in [0.29, 0.717) is 0 Å². The molecule has 0 spiro atoms. The zero-order chi connectivity index (χ0) is 14.3. The molecule has 0 aliphatic heterocycles. The lowest BCUT2D eigenvalue weighted by Crippen LogP contribution is -1.97. The van der Waals surface area contributed by atoms with E-state index in [1.54, 1.807) is 0 Å². The highest BCUT2D eigenvalue weighted by molar-refractivity contribution is 4.57. The lowest BCUT2D eigenvalue weighted by Gasteiger charge is -2.12. The fraction of sp³-hybridized carbons (Fsp3) is 1.00. The minimum atomic E-state index is 0.964. The van der Waals surface area contributed by atoms with Crippen molar-refractivity contribution in [3.05, 3.63) is 0 Å². The van der Waals surface area contributed by atoms with Gasteiger partial charge < -0.3 is 0 Å². The normalized spacial score (nSPS) is 14.5. The molecule has 0 aliphatic carbocycles. The van der Waals surface area contributed by atoms with Crippen LogP contribution in [0.4, 0.5) is 0 Å². The van der Waals surface area contributed by atoms with Gasteiger partial charge in [0.15, 0.2) is 0 Å². The third-order valence-corrected chi connectivity index (χ3v) is 4.49. The van der Waals surface area contributed by atoms with Crippen LogP contribution in [0.2, 0.25) is 0 Å². The monoisotopic (exact) mass is 268 g/mol. The molecule has 116 valence electrons. The van der Waals surface area contributed by atoms with E-state index in [1.807, 2.05) is 0 Å². The van der Waals surface area contributed by atoms with E-state index in [0.717, 1.165) is 11.8 Å². The van der Waals surface area contributed by atoms with Gasteiger partial charge in [-0.2, -0.15) is 0 Å². The van der Waals surface area contributed by atoms with Crippen molar-refractivity contribution in [1.29, 1.82) is 0 Å². The van der Waals surface area contributed by atoms with Gasteiger partial charge >= 0.3 is 0 Å². The van der Waals surface area contributed by atoms with Crippen molar-refractivity contribution in [2.45, 2.75) is 111 Å². The Morgan fingerprint density at radius 3 is 1.26 bits per heavy atom. The molecule has 0 aromatic carbocycles. The van der Waals surface area contributed by atoms with Crippen molar-refractivity contribution in [2.24, 2.45) is 11.8 Å². The van der Waals surface area contributed by atoms with Gasteiger partial charge in [-0.05, 0) is 11.8 Å². The van der Waals surface area contributed by atoms with Crippen LogP contribution in [0, 0.1) is 11.8 Å². The molecular weight excluding hydrogens is 228 g/mol. The van der Waals surface area contributed by atoms with Crippen LogP contribution in [-0.2, 0) is 0 Å². The molecule has 0 radical (unpaired) electrons. The van der Waals surface area contributed by atoms with E-state index < -0.39 is 0 Å². The summed E-state index contributed by atoms with van der Waals surface area (Å²) in [4.78, 5) is 0. The third-order valence-electron chi connectivity index (χ3n) is 4.49. The predicted octanol–water partition coefficient (Wildman–Crippen LogP) is 7.37. The average Bonchev–Trinajstić information content (AvgIpc) is 2.41. The van der Waals surface area contributed by atoms with Gasteiger partial charge in [0.1, 0.15) is 0 Å². The number of hydrogen-bond acceptors (Lipinski definition) is 0. The van der Waals surface area contributed by atoms with Crippen LogP contribution >= 0.6 is 0 Å². The predicted molar refractivity (Wildman–Crippen MR) is 89.7 cm³/mol. The van der Waals surface area contributed by atoms with E-state index in [1.165, 1.54) is 83.5 Å². The van der Waals surface area contributed by atoms with E-state index in [-0.39, 0.29) is 0 Å². The first-order valence-corrected chi connectivity index (χ1v) is 9.20. The van der Waals surface area contributed by atoms with Gasteiger partial charge in [0.2, 0.25) is 0 Å². The molecule has 0 amide bonds. The fourth-order valence-corrected chi connectivity index (χ4v) is 2.92. The number of hydrogen-bond donors (Lipinski definition) is 0. The molecule has 0 aliphatic rings. The Morgan fingerprint density at radius 1 is 0.474 bits per heavy atom. The molecule has 0 saturated heterocycles. The van der Waals surface area contributed by atoms with E-state index in [2.05, 4.69) is 27.7 Å². The van der Waals surface area contributed by atoms with Crippen LogP contribution in [0.3, 0.4) is 0 Å². The summed E-state index contributed by atoms with van der Waals surface area (Å²) in [5, 5.41) is 0. The fourth-order valence-electron chi connectivity index (χ4n) is 2.92. The van der Waals surface area contributed by atoms with Gasteiger partial charge in [0.05, 0.1) is 0 Å². The molecule has 0 unspecified atom stereocenters. The molecule has 0 nitrogen and oxygen atoms in total. The molecule has 0 N–H and O–H groups in total. The largest absolute Gasteiger partial charge is 0.0654 e. The van der Waals surface area contributed by atoms with Crippen LogP contribution in [0.25, 0.3) is 0 Å². The minimum absolute atomic E-state index is 0.964. The van der Waals surface area contributed by atoms with Crippen molar-refractivity contribution in [3.8, 4) is 0 Å². The highest BCUT2D eigenvalue weighted by Gasteiger charge is 2.04. The summed E-state index contributed by atoms with van der Waals surface area (Å²) in [6.45, 7) is 9.49. The van der Waals surface area contributed by atoms with Gasteiger partial charge in [-0.15, -0.1) is 0 Å². The van der Waals surface area contributed by atoms with Crippen molar-refractivity contribution in [2.75, 3.05) is 0 Å². The average molecular weight is 269 g/mol. The van der Waals surface area contributed by atoms with Gasteiger partial charge in [0.25, 0.3) is 0 Å². The second-order valence-corrected chi connectivity index (χ2v) is 6.84. The molecule has 0 saturated carbocycles. The summed E-state index contributed by atoms with van der Waals surface area (Å²) in [6, 6.07) is 0. The van der Waals surface area contributed by atoms with Gasteiger partial charge in [-0.25, -0.2) is 0 Å². The molecule has 0 heterocycles. The highest BCUT2D eigenvalue weighted by Crippen LogP contribution is 2.20. The van der Waals surface area contributed by atoms with Crippen LogP contribution in [-0.4, -0.2) is 0 Å². The molecule has 0 fully saturated rings. The molecule has 19 heavy (non-hydrogen) atoms. The number of unbranched alkanes of at least 4 members (excludes halogenated alkanes) is 6. The van der Waals surface area contributed by atoms with Crippen molar-refractivity contribution < 1.29 is 0 Å². The Morgan fingerprint density at radius 2 is 0.842 bits per heavy atom. The minimum Gasteiger partial charge on any atom is -0.0654 e. The van der Waals surface area contributed by atoms with Crippen LogP contribution in [0.5, 0.6) is 0 Å². The zero-order valence-electron chi connectivity index (χ0n) is 14.3. The van der Waals surface area contributed by atoms with Gasteiger partial charge in [-0.1, -0.05) is 111 Å². The van der Waals surface area contributed by atoms with E-state index in [4.69, 9.17) is 0 Å². The van der Waals surface area contributed by atoms with Gasteiger partial charge in [-0.3, -0.25) is 0 Å². The standard InChI is InChI=1S/C19H40/c1-5-7-9-11-15-19(4)17-13-10-12-16-18(3)14-8-6-2/h18-19H,5-17H2,1-4H3/t18-,19+/m0/s1. The summed E-state index contributed by atoms with van der Waals surface area (Å²) in [5.74, 6) is 1.93. The summed E-state index contributed by atoms with van der Waals surface area (Å²) in [7, 11) is 0. The van der Waals surface area contributed by atoms with Crippen LogP contribution in [0.1, 0.15) is 111 Å². The topological polar surface area (TPSA) is 0 Å². The highest BCUT2D eigenvalue weighted by atomic mass is 14.1. The van der Waals surface area contributed by atoms with Crippen molar-refractivity contribution in [1.82, 2.24) is 0 Å². The number of rotatable bonds is 14. The Hall–Kier alpha value is 0. The maximum Gasteiger partial charge on any atom is -0.0443 e. The zero-order valence-corrected chi connectivity index (χ0v) is 14.3. The lowest BCUT2D eigenvalue weighted by molar-refractivity contribution is 0.412. The smallest absolute Gasteiger partial charge is 0.0443 e. The molecule has 0 aromatic rings. The summed E-state index contributed by atoms with van der Waals surface area (Å²) in [5.41, 5.74) is 0. The summed E-state index contributed by atoms with van der Waals surface area (Å²) in [6.07, 6.45) is 18.7. The maximum absolute atomic E-state index is 2.45. The van der Waals surface area contributed by atoms with Crippen molar-refractivity contribution in [3.63, 3.8) is 0 Å². The molecule has 0 heteroatoms. The molecular formula is C19H40. The van der Waals surface area contributed by atoms with Crippen LogP contribution < -0.4 is 0 Å². The molecule has 0 aromatic heterocycles. The Bertz CT molecular complexity index is 161. The first-order valence-electron chi connectivity index (χ1n) is 9.20. The lowest BCUT2D eigenvalue weighted by atomic mass is 9.94. The first kappa shape index (κ1) is 19.0. The first-order chi connectivity index (χ1) is 9.20. The Balaban J connectivity index is 3.24. The SMILES string of the molecule is CCCCCC[C@@H](C)CCCCC[C@@H](C)CCCC. The van der Waals surface area contributed by atoms with Crippen LogP contribution in [0.15, 0.2) is 0 Å². The molecule has 0 rings (SSSR count).